The van der Waals surface area contributed by atoms with Gasteiger partial charge in [-0.15, -0.1) is 0 Å². The molecule has 1 N–H and O–H groups in total. The fourth-order valence-electron chi connectivity index (χ4n) is 2.88. The summed E-state index contributed by atoms with van der Waals surface area (Å²) in [7, 11) is 0. The molecule has 6 nitrogen and oxygen atoms in total. The highest BCUT2D eigenvalue weighted by molar-refractivity contribution is 5.86. The van der Waals surface area contributed by atoms with Crippen molar-refractivity contribution in [2.75, 3.05) is 0 Å². The number of carbonyl (C=O) groups is 1. The lowest BCUT2D eigenvalue weighted by atomic mass is 10.1. The van der Waals surface area contributed by atoms with E-state index in [2.05, 4.69) is 20.4 Å². The average Bonchev–Trinajstić information content (AvgIpc) is 3.35. The predicted octanol–water partition coefficient (Wildman–Crippen LogP) is 2.74. The Morgan fingerprint density at radius 3 is 2.96 bits per heavy atom. The first kappa shape index (κ1) is 14.8. The molecule has 2 aromatic heterocycles. The van der Waals surface area contributed by atoms with E-state index in [0.717, 1.165) is 23.9 Å². The second kappa shape index (κ2) is 6.03. The lowest BCUT2D eigenvalue weighted by molar-refractivity contribution is -0.121. The largest absolute Gasteiger partial charge is 0.356 e. The summed E-state index contributed by atoms with van der Waals surface area (Å²) in [5, 5.41) is 7.98. The molecule has 3 aromatic rings. The standard InChI is InChI=1S/C18H18N4O2/c1-11-8-9-19-18(20-11)17(12-6-7-12)21-16(23)10-14-13-4-2-3-5-15(13)24-22-14/h2-5,8-9,12,17H,6-7,10H2,1H3,(H,21,23)/t17-/m1/s1. The molecule has 0 radical (unpaired) electrons. The van der Waals surface area contributed by atoms with E-state index in [9.17, 15) is 4.79 Å². The first-order valence-electron chi connectivity index (χ1n) is 8.13. The Labute approximate surface area is 139 Å². The van der Waals surface area contributed by atoms with Crippen LogP contribution < -0.4 is 5.32 Å². The van der Waals surface area contributed by atoms with Crippen molar-refractivity contribution in [3.05, 3.63) is 53.7 Å². The number of fused-ring (bicyclic) bond motifs is 1. The van der Waals surface area contributed by atoms with Crippen molar-refractivity contribution in [3.8, 4) is 0 Å². The second-order valence-corrected chi connectivity index (χ2v) is 6.24. The number of carbonyl (C=O) groups excluding carboxylic acids is 1. The Morgan fingerprint density at radius 1 is 1.33 bits per heavy atom. The van der Waals surface area contributed by atoms with Crippen LogP contribution in [0.4, 0.5) is 0 Å². The molecule has 1 fully saturated rings. The van der Waals surface area contributed by atoms with Gasteiger partial charge in [0.05, 0.1) is 12.5 Å². The average molecular weight is 322 g/mol. The Balaban J connectivity index is 1.51. The van der Waals surface area contributed by atoms with Gasteiger partial charge in [-0.2, -0.15) is 0 Å². The molecule has 1 atom stereocenters. The lowest BCUT2D eigenvalue weighted by Crippen LogP contribution is -2.32. The summed E-state index contributed by atoms with van der Waals surface area (Å²) in [5.74, 6) is 1.02. The van der Waals surface area contributed by atoms with Gasteiger partial charge in [0.25, 0.3) is 0 Å². The number of hydrogen-bond acceptors (Lipinski definition) is 5. The van der Waals surface area contributed by atoms with Crippen LogP contribution in [0.2, 0.25) is 0 Å². The molecule has 1 aliphatic carbocycles. The number of aromatic nitrogens is 3. The van der Waals surface area contributed by atoms with E-state index in [1.807, 2.05) is 37.3 Å². The number of rotatable bonds is 5. The molecule has 6 heteroatoms. The molecule has 0 saturated heterocycles. The molecule has 1 aliphatic rings. The fourth-order valence-corrected chi connectivity index (χ4v) is 2.88. The minimum absolute atomic E-state index is 0.0870. The minimum Gasteiger partial charge on any atom is -0.356 e. The van der Waals surface area contributed by atoms with Crippen molar-refractivity contribution < 1.29 is 9.32 Å². The van der Waals surface area contributed by atoms with E-state index in [1.165, 1.54) is 0 Å². The minimum atomic E-state index is -0.129. The zero-order valence-corrected chi connectivity index (χ0v) is 13.4. The van der Waals surface area contributed by atoms with Gasteiger partial charge in [-0.25, -0.2) is 9.97 Å². The van der Waals surface area contributed by atoms with Gasteiger partial charge in [0, 0.05) is 17.3 Å². The Hall–Kier alpha value is -2.76. The summed E-state index contributed by atoms with van der Waals surface area (Å²) in [6.07, 6.45) is 4.11. The third kappa shape index (κ3) is 2.99. The summed E-state index contributed by atoms with van der Waals surface area (Å²) >= 11 is 0. The van der Waals surface area contributed by atoms with Crippen LogP contribution in [-0.2, 0) is 11.2 Å². The SMILES string of the molecule is Cc1ccnc([C@H](NC(=O)Cc2noc3ccccc23)C2CC2)n1. The summed E-state index contributed by atoms with van der Waals surface area (Å²) in [4.78, 5) is 21.3. The predicted molar refractivity (Wildman–Crippen MR) is 88.1 cm³/mol. The molecule has 0 unspecified atom stereocenters. The quantitative estimate of drug-likeness (QED) is 0.781. The van der Waals surface area contributed by atoms with Gasteiger partial charge in [0.1, 0.15) is 5.69 Å². The van der Waals surface area contributed by atoms with Crippen molar-refractivity contribution in [3.63, 3.8) is 0 Å². The van der Waals surface area contributed by atoms with Crippen molar-refractivity contribution in [2.24, 2.45) is 5.92 Å². The molecule has 24 heavy (non-hydrogen) atoms. The van der Waals surface area contributed by atoms with Gasteiger partial charge in [0.2, 0.25) is 5.91 Å². The Kier molecular flexibility index (Phi) is 3.72. The van der Waals surface area contributed by atoms with E-state index in [0.29, 0.717) is 23.0 Å². The molecule has 0 aliphatic heterocycles. The van der Waals surface area contributed by atoms with Crippen LogP contribution in [0.5, 0.6) is 0 Å². The van der Waals surface area contributed by atoms with Gasteiger partial charge < -0.3 is 9.84 Å². The molecule has 0 spiro atoms. The number of nitrogens with zero attached hydrogens (tertiary/aromatic N) is 3. The van der Waals surface area contributed by atoms with Crippen LogP contribution in [0, 0.1) is 12.8 Å². The number of para-hydroxylation sites is 1. The Bertz CT molecular complexity index is 885. The summed E-state index contributed by atoms with van der Waals surface area (Å²) < 4.78 is 5.26. The smallest absolute Gasteiger partial charge is 0.226 e. The van der Waals surface area contributed by atoms with Gasteiger partial charge in [-0.3, -0.25) is 4.79 Å². The van der Waals surface area contributed by atoms with Crippen molar-refractivity contribution in [1.29, 1.82) is 0 Å². The fraction of sp³-hybridized carbons (Fsp3) is 0.333. The summed E-state index contributed by atoms with van der Waals surface area (Å²) in [6.45, 7) is 1.93. The van der Waals surface area contributed by atoms with Gasteiger partial charge in [0.15, 0.2) is 11.4 Å². The van der Waals surface area contributed by atoms with Crippen molar-refractivity contribution in [1.82, 2.24) is 20.4 Å². The first-order chi connectivity index (χ1) is 11.7. The highest BCUT2D eigenvalue weighted by atomic mass is 16.5. The number of nitrogens with one attached hydrogen (secondary N) is 1. The zero-order valence-electron chi connectivity index (χ0n) is 13.4. The van der Waals surface area contributed by atoms with Crippen LogP contribution in [0.25, 0.3) is 11.0 Å². The summed E-state index contributed by atoms with van der Waals surface area (Å²) in [5.41, 5.74) is 2.26. The third-order valence-electron chi connectivity index (χ3n) is 4.28. The number of amides is 1. The van der Waals surface area contributed by atoms with Crippen LogP contribution >= 0.6 is 0 Å². The molecule has 2 heterocycles. The van der Waals surface area contributed by atoms with Gasteiger partial charge in [-0.05, 0) is 43.9 Å². The molecule has 122 valence electrons. The second-order valence-electron chi connectivity index (χ2n) is 6.24. The van der Waals surface area contributed by atoms with Crippen LogP contribution in [0.15, 0.2) is 41.1 Å². The number of benzene rings is 1. The topological polar surface area (TPSA) is 80.9 Å². The molecular weight excluding hydrogens is 304 g/mol. The molecule has 1 saturated carbocycles. The Morgan fingerprint density at radius 2 is 2.17 bits per heavy atom. The van der Waals surface area contributed by atoms with E-state index in [-0.39, 0.29) is 18.4 Å². The highest BCUT2D eigenvalue weighted by Crippen LogP contribution is 2.40. The maximum atomic E-state index is 12.5. The molecule has 1 aromatic carbocycles. The van der Waals surface area contributed by atoms with Crippen molar-refractivity contribution >= 4 is 16.9 Å². The van der Waals surface area contributed by atoms with E-state index >= 15 is 0 Å². The van der Waals surface area contributed by atoms with E-state index in [1.54, 1.807) is 6.20 Å². The number of hydrogen-bond donors (Lipinski definition) is 1. The zero-order chi connectivity index (χ0) is 16.5. The van der Waals surface area contributed by atoms with Gasteiger partial charge in [-0.1, -0.05) is 17.3 Å². The number of aryl methyl sites for hydroxylation is 1. The molecule has 0 bridgehead atoms. The van der Waals surface area contributed by atoms with Crippen LogP contribution in [0.3, 0.4) is 0 Å². The third-order valence-corrected chi connectivity index (χ3v) is 4.28. The normalized spacial score (nSPS) is 15.4. The molecule has 4 rings (SSSR count). The highest BCUT2D eigenvalue weighted by Gasteiger charge is 2.35. The monoisotopic (exact) mass is 322 g/mol. The van der Waals surface area contributed by atoms with Crippen LogP contribution in [0.1, 0.15) is 36.1 Å². The maximum Gasteiger partial charge on any atom is 0.226 e. The molecular formula is C18H18N4O2. The molecule has 1 amide bonds. The first-order valence-corrected chi connectivity index (χ1v) is 8.13. The summed E-state index contributed by atoms with van der Waals surface area (Å²) in [6, 6.07) is 9.28. The van der Waals surface area contributed by atoms with Gasteiger partial charge >= 0.3 is 0 Å². The van der Waals surface area contributed by atoms with Crippen molar-refractivity contribution in [2.45, 2.75) is 32.2 Å². The lowest BCUT2D eigenvalue weighted by Gasteiger charge is -2.16. The maximum absolute atomic E-state index is 12.5. The van der Waals surface area contributed by atoms with Crippen LogP contribution in [-0.4, -0.2) is 21.0 Å². The van der Waals surface area contributed by atoms with E-state index < -0.39 is 0 Å². The van der Waals surface area contributed by atoms with E-state index in [4.69, 9.17) is 4.52 Å².